The fourth-order valence-electron chi connectivity index (χ4n) is 2.87. The summed E-state index contributed by atoms with van der Waals surface area (Å²) in [5.74, 6) is -0.526. The van der Waals surface area contributed by atoms with E-state index in [1.165, 1.54) is 17.8 Å². The van der Waals surface area contributed by atoms with Gasteiger partial charge in [-0.15, -0.1) is 0 Å². The number of amides is 2. The van der Waals surface area contributed by atoms with Crippen molar-refractivity contribution in [3.63, 3.8) is 0 Å². The number of likely N-dealkylation sites (tertiary alicyclic amines) is 1. The Balaban J connectivity index is 1.51. The van der Waals surface area contributed by atoms with Gasteiger partial charge >= 0.3 is 6.03 Å². The summed E-state index contributed by atoms with van der Waals surface area (Å²) in [4.78, 5) is 17.6. The molecule has 0 unspecified atom stereocenters. The van der Waals surface area contributed by atoms with Crippen molar-refractivity contribution >= 4 is 17.4 Å². The molecule has 0 spiro atoms. The van der Waals surface area contributed by atoms with Crippen molar-refractivity contribution < 1.29 is 9.18 Å². The van der Waals surface area contributed by atoms with Crippen LogP contribution in [0.25, 0.3) is 0 Å². The second-order valence-electron chi connectivity index (χ2n) is 6.06. The van der Waals surface area contributed by atoms with Gasteiger partial charge in [0.1, 0.15) is 0 Å². The number of benzene rings is 1. The van der Waals surface area contributed by atoms with Crippen LogP contribution in [0.4, 0.5) is 20.6 Å². The third-order valence-electron chi connectivity index (χ3n) is 4.19. The summed E-state index contributed by atoms with van der Waals surface area (Å²) >= 11 is 0. The molecular formula is C18H21FN4O. The molecule has 3 rings (SSSR count). The Kier molecular flexibility index (Phi) is 4.93. The van der Waals surface area contributed by atoms with Crippen LogP contribution >= 0.6 is 0 Å². The fourth-order valence-corrected chi connectivity index (χ4v) is 2.87. The van der Waals surface area contributed by atoms with Gasteiger partial charge in [-0.25, -0.2) is 9.18 Å². The lowest BCUT2D eigenvalue weighted by Crippen LogP contribution is -2.44. The minimum atomic E-state index is -0.526. The Bertz CT molecular complexity index is 714. The number of aromatic nitrogens is 1. The van der Waals surface area contributed by atoms with E-state index in [-0.39, 0.29) is 11.7 Å². The van der Waals surface area contributed by atoms with E-state index in [4.69, 9.17) is 0 Å². The van der Waals surface area contributed by atoms with Crippen LogP contribution in [0.15, 0.2) is 42.7 Å². The van der Waals surface area contributed by atoms with Crippen molar-refractivity contribution in [2.75, 3.05) is 23.7 Å². The largest absolute Gasteiger partial charge is 0.382 e. The zero-order valence-electron chi connectivity index (χ0n) is 13.6. The van der Waals surface area contributed by atoms with Crippen LogP contribution in [-0.2, 0) is 0 Å². The van der Waals surface area contributed by atoms with Crippen LogP contribution < -0.4 is 10.6 Å². The van der Waals surface area contributed by atoms with Gasteiger partial charge in [-0.3, -0.25) is 4.98 Å². The van der Waals surface area contributed by atoms with Crippen molar-refractivity contribution in [1.82, 2.24) is 9.88 Å². The zero-order chi connectivity index (χ0) is 16.9. The highest BCUT2D eigenvalue weighted by atomic mass is 19.1. The molecule has 1 aliphatic heterocycles. The number of nitrogens with zero attached hydrogens (tertiary/aromatic N) is 2. The highest BCUT2D eigenvalue weighted by molar-refractivity contribution is 5.89. The van der Waals surface area contributed by atoms with Gasteiger partial charge in [-0.05, 0) is 43.5 Å². The number of rotatable bonds is 3. The summed E-state index contributed by atoms with van der Waals surface area (Å²) in [7, 11) is 0. The maximum atomic E-state index is 13.5. The van der Waals surface area contributed by atoms with Crippen LogP contribution in [0.3, 0.4) is 0 Å². The molecule has 0 radical (unpaired) electrons. The predicted molar refractivity (Wildman–Crippen MR) is 92.6 cm³/mol. The molecule has 0 atom stereocenters. The normalized spacial score (nSPS) is 15.2. The first kappa shape index (κ1) is 16.2. The Morgan fingerprint density at radius 1 is 1.29 bits per heavy atom. The molecule has 2 N–H and O–H groups in total. The lowest BCUT2D eigenvalue weighted by Gasteiger charge is -2.33. The smallest absolute Gasteiger partial charge is 0.321 e. The standard InChI is InChI=1S/C18H21FN4O/c1-13-3-2-4-15(11-13)21-14-6-9-23(10-7-14)18(24)22-17-5-8-20-12-16(17)19/h2-5,8,11-12,14,21H,6-7,9-10H2,1H3,(H,20,22,24). The van der Waals surface area contributed by atoms with E-state index in [2.05, 4.69) is 40.7 Å². The Morgan fingerprint density at radius 3 is 2.79 bits per heavy atom. The number of aryl methyl sites for hydroxylation is 1. The maximum Gasteiger partial charge on any atom is 0.321 e. The minimum absolute atomic E-state index is 0.162. The van der Waals surface area contributed by atoms with Crippen molar-refractivity contribution in [2.45, 2.75) is 25.8 Å². The average Bonchev–Trinajstić information content (AvgIpc) is 2.57. The predicted octanol–water partition coefficient (Wildman–Crippen LogP) is 3.64. The molecular weight excluding hydrogens is 307 g/mol. The van der Waals surface area contributed by atoms with Crippen molar-refractivity contribution in [2.24, 2.45) is 0 Å². The van der Waals surface area contributed by atoms with Crippen molar-refractivity contribution in [3.8, 4) is 0 Å². The molecule has 0 saturated carbocycles. The molecule has 2 aromatic rings. The number of halogens is 1. The molecule has 6 heteroatoms. The topological polar surface area (TPSA) is 57.3 Å². The number of hydrogen-bond donors (Lipinski definition) is 2. The van der Waals surface area contributed by atoms with Crippen molar-refractivity contribution in [1.29, 1.82) is 0 Å². The zero-order valence-corrected chi connectivity index (χ0v) is 13.6. The van der Waals surface area contributed by atoms with E-state index in [1.54, 1.807) is 4.90 Å². The van der Waals surface area contributed by atoms with Gasteiger partial charge in [-0.2, -0.15) is 0 Å². The van der Waals surface area contributed by atoms with E-state index in [0.717, 1.165) is 24.7 Å². The molecule has 24 heavy (non-hydrogen) atoms. The van der Waals surface area contributed by atoms with Gasteiger partial charge < -0.3 is 15.5 Å². The molecule has 2 amide bonds. The second kappa shape index (κ2) is 7.29. The first-order chi connectivity index (χ1) is 11.6. The number of nitrogens with one attached hydrogen (secondary N) is 2. The van der Waals surface area contributed by atoms with Gasteiger partial charge in [0.05, 0.1) is 11.9 Å². The third-order valence-corrected chi connectivity index (χ3v) is 4.19. The van der Waals surface area contributed by atoms with Crippen LogP contribution in [-0.4, -0.2) is 35.0 Å². The molecule has 1 aromatic carbocycles. The molecule has 1 saturated heterocycles. The number of carbonyl (C=O) groups excluding carboxylic acids is 1. The van der Waals surface area contributed by atoms with Crippen LogP contribution in [0.2, 0.25) is 0 Å². The van der Waals surface area contributed by atoms with Gasteiger partial charge in [-0.1, -0.05) is 12.1 Å². The summed E-state index contributed by atoms with van der Waals surface area (Å²) in [6, 6.07) is 9.80. The number of pyridine rings is 1. The van der Waals surface area contributed by atoms with E-state index < -0.39 is 5.82 Å². The van der Waals surface area contributed by atoms with E-state index >= 15 is 0 Å². The molecule has 0 bridgehead atoms. The summed E-state index contributed by atoms with van der Waals surface area (Å²) in [6.45, 7) is 3.35. The summed E-state index contributed by atoms with van der Waals surface area (Å²) in [5.41, 5.74) is 2.49. The minimum Gasteiger partial charge on any atom is -0.382 e. The van der Waals surface area contributed by atoms with E-state index in [9.17, 15) is 9.18 Å². The molecule has 0 aliphatic carbocycles. The highest BCUT2D eigenvalue weighted by Gasteiger charge is 2.23. The Hall–Kier alpha value is -2.63. The average molecular weight is 328 g/mol. The number of carbonyl (C=O) groups is 1. The van der Waals surface area contributed by atoms with Gasteiger partial charge in [0.2, 0.25) is 0 Å². The van der Waals surface area contributed by atoms with Crippen LogP contribution in [0.5, 0.6) is 0 Å². The molecule has 1 aromatic heterocycles. The van der Waals surface area contributed by atoms with Gasteiger partial charge in [0, 0.05) is 31.0 Å². The van der Waals surface area contributed by atoms with E-state index in [1.807, 2.05) is 6.07 Å². The van der Waals surface area contributed by atoms with Crippen LogP contribution in [0.1, 0.15) is 18.4 Å². The lowest BCUT2D eigenvalue weighted by molar-refractivity contribution is 0.197. The molecule has 126 valence electrons. The number of anilines is 2. The Morgan fingerprint density at radius 2 is 2.08 bits per heavy atom. The summed E-state index contributed by atoms with van der Waals surface area (Å²) in [6.07, 6.45) is 4.27. The van der Waals surface area contributed by atoms with E-state index in [0.29, 0.717) is 19.1 Å². The molecule has 2 heterocycles. The second-order valence-corrected chi connectivity index (χ2v) is 6.06. The summed E-state index contributed by atoms with van der Waals surface area (Å²) in [5, 5.41) is 6.12. The first-order valence-corrected chi connectivity index (χ1v) is 8.10. The molecule has 1 fully saturated rings. The number of urea groups is 1. The quantitative estimate of drug-likeness (QED) is 0.904. The number of hydrogen-bond acceptors (Lipinski definition) is 3. The highest BCUT2D eigenvalue weighted by Crippen LogP contribution is 2.19. The SMILES string of the molecule is Cc1cccc(NC2CCN(C(=O)Nc3ccncc3F)CC2)c1. The fraction of sp³-hybridized carbons (Fsp3) is 0.333. The molecule has 1 aliphatic rings. The maximum absolute atomic E-state index is 13.5. The summed E-state index contributed by atoms with van der Waals surface area (Å²) < 4.78 is 13.5. The molecule has 5 nitrogen and oxygen atoms in total. The Labute approximate surface area is 140 Å². The lowest BCUT2D eigenvalue weighted by atomic mass is 10.0. The monoisotopic (exact) mass is 328 g/mol. The third kappa shape index (κ3) is 4.01. The van der Waals surface area contributed by atoms with Crippen molar-refractivity contribution in [3.05, 3.63) is 54.1 Å². The first-order valence-electron chi connectivity index (χ1n) is 8.10. The van der Waals surface area contributed by atoms with Gasteiger partial charge in [0.15, 0.2) is 5.82 Å². The van der Waals surface area contributed by atoms with Crippen LogP contribution in [0, 0.1) is 12.7 Å². The van der Waals surface area contributed by atoms with Gasteiger partial charge in [0.25, 0.3) is 0 Å². The number of piperidine rings is 1.